The average Bonchev–Trinajstić information content (AvgIpc) is 2.03. The van der Waals surface area contributed by atoms with Crippen LogP contribution in [0.3, 0.4) is 0 Å². The predicted octanol–water partition coefficient (Wildman–Crippen LogP) is 2.32. The molecule has 2 rings (SSSR count). The van der Waals surface area contributed by atoms with Gasteiger partial charge in [-0.1, -0.05) is 19.8 Å². The van der Waals surface area contributed by atoms with Crippen molar-refractivity contribution in [1.29, 1.82) is 0 Å². The smallest absolute Gasteiger partial charge is 0.0121 e. The zero-order valence-electron chi connectivity index (χ0n) is 7.53. The molecule has 0 amide bonds. The number of hydrogen-bond acceptors (Lipinski definition) is 1. The maximum atomic E-state index is 3.66. The van der Waals surface area contributed by atoms with Crippen LogP contribution in [0.25, 0.3) is 0 Å². The molecule has 1 N–H and O–H groups in total. The maximum Gasteiger partial charge on any atom is 0.0121 e. The first-order valence-corrected chi connectivity index (χ1v) is 5.05. The minimum atomic E-state index is 0.663. The van der Waals surface area contributed by atoms with Crippen LogP contribution in [0, 0.1) is 5.41 Å². The summed E-state index contributed by atoms with van der Waals surface area (Å²) in [6, 6.07) is 0.852. The van der Waals surface area contributed by atoms with Gasteiger partial charge in [-0.15, -0.1) is 0 Å². The standard InChI is InChI=1S/C10H19N/c1-10-6-3-2-5-9(10)11-8-4-7-10/h9,11H,2-8H2,1H3/t9-,10+/m0/s1. The van der Waals surface area contributed by atoms with E-state index in [0.717, 1.165) is 6.04 Å². The Kier molecular flexibility index (Phi) is 1.92. The van der Waals surface area contributed by atoms with Crippen molar-refractivity contribution in [2.75, 3.05) is 6.54 Å². The van der Waals surface area contributed by atoms with Crippen molar-refractivity contribution < 1.29 is 0 Å². The third kappa shape index (κ3) is 1.31. The third-order valence-electron chi connectivity index (χ3n) is 3.65. The highest BCUT2D eigenvalue weighted by atomic mass is 14.9. The van der Waals surface area contributed by atoms with E-state index in [-0.39, 0.29) is 0 Å². The molecule has 0 bridgehead atoms. The van der Waals surface area contributed by atoms with Crippen LogP contribution in [0.15, 0.2) is 0 Å². The number of fused-ring (bicyclic) bond motifs is 1. The van der Waals surface area contributed by atoms with E-state index in [4.69, 9.17) is 0 Å². The lowest BCUT2D eigenvalue weighted by Gasteiger charge is -2.45. The first-order chi connectivity index (χ1) is 5.31. The molecule has 1 heterocycles. The lowest BCUT2D eigenvalue weighted by atomic mass is 9.67. The van der Waals surface area contributed by atoms with Gasteiger partial charge in [-0.3, -0.25) is 0 Å². The summed E-state index contributed by atoms with van der Waals surface area (Å²) in [5, 5.41) is 3.66. The van der Waals surface area contributed by atoms with E-state index in [1.807, 2.05) is 0 Å². The highest BCUT2D eigenvalue weighted by molar-refractivity contribution is 4.93. The van der Waals surface area contributed by atoms with E-state index in [1.165, 1.54) is 45.1 Å². The summed E-state index contributed by atoms with van der Waals surface area (Å²) in [6.45, 7) is 3.74. The summed E-state index contributed by atoms with van der Waals surface area (Å²) < 4.78 is 0. The van der Waals surface area contributed by atoms with Gasteiger partial charge in [0.1, 0.15) is 0 Å². The van der Waals surface area contributed by atoms with Gasteiger partial charge in [0.25, 0.3) is 0 Å². The molecule has 1 nitrogen and oxygen atoms in total. The van der Waals surface area contributed by atoms with Gasteiger partial charge in [-0.05, 0) is 37.6 Å². The fourth-order valence-electron chi connectivity index (χ4n) is 2.82. The zero-order chi connectivity index (χ0) is 7.73. The summed E-state index contributed by atoms with van der Waals surface area (Å²) in [7, 11) is 0. The fourth-order valence-corrected chi connectivity index (χ4v) is 2.82. The highest BCUT2D eigenvalue weighted by Gasteiger charge is 2.37. The molecule has 1 aliphatic heterocycles. The molecule has 1 heteroatoms. The predicted molar refractivity (Wildman–Crippen MR) is 47.6 cm³/mol. The minimum Gasteiger partial charge on any atom is -0.313 e. The second kappa shape index (κ2) is 2.78. The molecule has 64 valence electrons. The molecule has 0 aromatic heterocycles. The molecule has 0 aromatic rings. The van der Waals surface area contributed by atoms with Gasteiger partial charge in [0.2, 0.25) is 0 Å². The monoisotopic (exact) mass is 153 g/mol. The zero-order valence-corrected chi connectivity index (χ0v) is 7.53. The van der Waals surface area contributed by atoms with Gasteiger partial charge in [-0.2, -0.15) is 0 Å². The van der Waals surface area contributed by atoms with Crippen LogP contribution in [0.1, 0.15) is 45.4 Å². The largest absolute Gasteiger partial charge is 0.313 e. The normalized spacial score (nSPS) is 45.0. The maximum absolute atomic E-state index is 3.66. The molecule has 0 aromatic carbocycles. The minimum absolute atomic E-state index is 0.663. The second-order valence-electron chi connectivity index (χ2n) is 4.51. The SMILES string of the molecule is C[C@]12CCCC[C@@H]1NCCC2. The van der Waals surface area contributed by atoms with Crippen molar-refractivity contribution in [3.8, 4) is 0 Å². The summed E-state index contributed by atoms with van der Waals surface area (Å²) in [5.41, 5.74) is 0.663. The molecule has 0 radical (unpaired) electrons. The Morgan fingerprint density at radius 1 is 1.18 bits per heavy atom. The van der Waals surface area contributed by atoms with Crippen molar-refractivity contribution >= 4 is 0 Å². The van der Waals surface area contributed by atoms with Crippen LogP contribution in [-0.4, -0.2) is 12.6 Å². The number of piperidine rings is 1. The average molecular weight is 153 g/mol. The Bertz CT molecular complexity index is 130. The molecule has 0 spiro atoms. The molecule has 0 unspecified atom stereocenters. The van der Waals surface area contributed by atoms with Crippen molar-refractivity contribution in [2.24, 2.45) is 5.41 Å². The van der Waals surface area contributed by atoms with E-state index in [1.54, 1.807) is 0 Å². The summed E-state index contributed by atoms with van der Waals surface area (Å²) in [4.78, 5) is 0. The van der Waals surface area contributed by atoms with E-state index in [2.05, 4.69) is 12.2 Å². The quantitative estimate of drug-likeness (QED) is 0.563. The number of hydrogen-bond donors (Lipinski definition) is 1. The highest BCUT2D eigenvalue weighted by Crippen LogP contribution is 2.41. The number of rotatable bonds is 0. The van der Waals surface area contributed by atoms with Crippen LogP contribution < -0.4 is 5.32 Å². The van der Waals surface area contributed by atoms with Gasteiger partial charge in [0.15, 0.2) is 0 Å². The van der Waals surface area contributed by atoms with Crippen LogP contribution in [-0.2, 0) is 0 Å². The Labute approximate surface area is 69.6 Å². The van der Waals surface area contributed by atoms with Gasteiger partial charge in [0.05, 0.1) is 0 Å². The van der Waals surface area contributed by atoms with Crippen LogP contribution >= 0.6 is 0 Å². The molecule has 2 fully saturated rings. The Hall–Kier alpha value is -0.0400. The van der Waals surface area contributed by atoms with E-state index < -0.39 is 0 Å². The van der Waals surface area contributed by atoms with Crippen LogP contribution in [0.5, 0.6) is 0 Å². The molecular weight excluding hydrogens is 134 g/mol. The molecule has 2 aliphatic rings. The first kappa shape index (κ1) is 7.60. The summed E-state index contributed by atoms with van der Waals surface area (Å²) in [6.07, 6.45) is 8.67. The topological polar surface area (TPSA) is 12.0 Å². The van der Waals surface area contributed by atoms with E-state index >= 15 is 0 Å². The van der Waals surface area contributed by atoms with Crippen molar-refractivity contribution in [3.05, 3.63) is 0 Å². The molecule has 1 saturated carbocycles. The van der Waals surface area contributed by atoms with Gasteiger partial charge >= 0.3 is 0 Å². The lowest BCUT2D eigenvalue weighted by Crippen LogP contribution is -2.49. The summed E-state index contributed by atoms with van der Waals surface area (Å²) in [5.74, 6) is 0. The Morgan fingerprint density at radius 3 is 2.82 bits per heavy atom. The summed E-state index contributed by atoms with van der Waals surface area (Å²) >= 11 is 0. The van der Waals surface area contributed by atoms with Crippen LogP contribution in [0.2, 0.25) is 0 Å². The Balaban J connectivity index is 2.06. The molecule has 1 saturated heterocycles. The second-order valence-corrected chi connectivity index (χ2v) is 4.51. The fraction of sp³-hybridized carbons (Fsp3) is 1.00. The lowest BCUT2D eigenvalue weighted by molar-refractivity contribution is 0.103. The first-order valence-electron chi connectivity index (χ1n) is 5.05. The van der Waals surface area contributed by atoms with Crippen molar-refractivity contribution in [1.82, 2.24) is 5.32 Å². The van der Waals surface area contributed by atoms with Crippen molar-refractivity contribution in [3.63, 3.8) is 0 Å². The number of nitrogens with one attached hydrogen (secondary N) is 1. The third-order valence-corrected chi connectivity index (χ3v) is 3.65. The van der Waals surface area contributed by atoms with Gasteiger partial charge in [0, 0.05) is 6.04 Å². The van der Waals surface area contributed by atoms with E-state index in [0.29, 0.717) is 5.41 Å². The van der Waals surface area contributed by atoms with Crippen LogP contribution in [0.4, 0.5) is 0 Å². The van der Waals surface area contributed by atoms with E-state index in [9.17, 15) is 0 Å². The van der Waals surface area contributed by atoms with Crippen molar-refractivity contribution in [2.45, 2.75) is 51.5 Å². The molecular formula is C10H19N. The molecule has 1 aliphatic carbocycles. The molecule has 11 heavy (non-hydrogen) atoms. The van der Waals surface area contributed by atoms with Gasteiger partial charge in [-0.25, -0.2) is 0 Å². The Morgan fingerprint density at radius 2 is 2.00 bits per heavy atom. The molecule has 2 atom stereocenters. The van der Waals surface area contributed by atoms with Gasteiger partial charge < -0.3 is 5.32 Å².